The number of hydrogen-bond acceptors (Lipinski definition) is 8. The zero-order chi connectivity index (χ0) is 32.5. The van der Waals surface area contributed by atoms with Crippen molar-refractivity contribution < 1.29 is 45.3 Å². The molecule has 234 valence electrons. The van der Waals surface area contributed by atoms with Gasteiger partial charge in [0.15, 0.2) is 0 Å². The molecule has 0 bridgehead atoms. The van der Waals surface area contributed by atoms with Crippen LogP contribution in [0.4, 0.5) is 0 Å². The van der Waals surface area contributed by atoms with Crippen molar-refractivity contribution in [1.29, 1.82) is 0 Å². The fourth-order valence-corrected chi connectivity index (χ4v) is 7.38. The van der Waals surface area contributed by atoms with Crippen LogP contribution in [0.15, 0.2) is 9.79 Å². The normalized spacial score (nSPS) is 12.1. The molecule has 0 atom stereocenters. The average Bonchev–Trinajstić information content (AvgIpc) is 2.73. The second-order valence-electron chi connectivity index (χ2n) is 10.1. The Morgan fingerprint density at radius 3 is 0.975 bits per heavy atom. The highest BCUT2D eigenvalue weighted by Crippen LogP contribution is 2.39. The molecule has 0 heterocycles. The van der Waals surface area contributed by atoms with E-state index in [0.717, 1.165) is 24.2 Å². The molecule has 0 aliphatic rings. The lowest BCUT2D eigenvalue weighted by Crippen LogP contribution is -3.17. The summed E-state index contributed by atoms with van der Waals surface area (Å²) in [7, 11) is -11.2. The first kappa shape index (κ1) is 40.6. The van der Waals surface area contributed by atoms with Crippen LogP contribution in [0, 0.1) is 0 Å². The summed E-state index contributed by atoms with van der Waals surface area (Å²) in [4.78, 5) is 22.7. The molecule has 1 aromatic rings. The lowest BCUT2D eigenvalue weighted by molar-refractivity contribution is -0.940. The monoisotopic (exact) mass is 650 g/mol. The minimum absolute atomic E-state index is 0.773. The molecule has 0 unspecified atom stereocenters. The van der Waals surface area contributed by atoms with Gasteiger partial charge in [-0.15, -0.1) is 0 Å². The van der Waals surface area contributed by atoms with E-state index in [0.29, 0.717) is 0 Å². The lowest BCUT2D eigenvalue weighted by atomic mass is 10.1. The minimum Gasteiger partial charge on any atom is -0.744 e. The van der Waals surface area contributed by atoms with Gasteiger partial charge in [0.05, 0.1) is 68.2 Å². The molecule has 0 aliphatic carbocycles. The van der Waals surface area contributed by atoms with Crippen LogP contribution in [-0.2, 0) is 20.2 Å². The first-order valence-corrected chi connectivity index (χ1v) is 16.2. The number of rotatable bonds is 10. The molecular weight excluding hydrogens is 607 g/mol. The molecular formula is C24H44Cl2N4O8S2. The van der Waals surface area contributed by atoms with Crippen LogP contribution in [0.5, 0.6) is 0 Å². The highest BCUT2D eigenvalue weighted by molar-refractivity contribution is 7.87. The summed E-state index contributed by atoms with van der Waals surface area (Å²) in [6.45, 7) is 25.2. The smallest absolute Gasteiger partial charge is 0.251 e. The maximum atomic E-state index is 11.3. The summed E-state index contributed by atoms with van der Waals surface area (Å²) in [5.41, 5.74) is 7.19. The number of nitrogens with two attached hydrogens (primary N) is 2. The van der Waals surface area contributed by atoms with Crippen LogP contribution in [0.25, 0.3) is 0 Å². The van der Waals surface area contributed by atoms with Gasteiger partial charge in [-0.25, -0.2) is 16.8 Å². The third-order valence-electron chi connectivity index (χ3n) is 6.07. The maximum absolute atomic E-state index is 11.3. The molecule has 0 saturated carbocycles. The predicted molar refractivity (Wildman–Crippen MR) is 153 cm³/mol. The molecule has 0 fully saturated rings. The molecule has 0 aliphatic heterocycles. The van der Waals surface area contributed by atoms with Gasteiger partial charge in [-0.2, -0.15) is 0 Å². The van der Waals surface area contributed by atoms with Gasteiger partial charge < -0.3 is 30.4 Å². The summed E-state index contributed by atoms with van der Waals surface area (Å²) in [5, 5.41) is -2.68. The number of primary amides is 2. The number of carbonyl (C=O) groups is 2. The highest BCUT2D eigenvalue weighted by atomic mass is 35.5. The fraction of sp³-hybridized carbons (Fsp3) is 0.667. The summed E-state index contributed by atoms with van der Waals surface area (Å²) in [6, 6.07) is 3.09. The van der Waals surface area contributed by atoms with E-state index < -0.39 is 63.0 Å². The molecule has 12 nitrogen and oxygen atoms in total. The number of amides is 2. The molecule has 0 spiro atoms. The zero-order valence-electron chi connectivity index (χ0n) is 24.7. The Morgan fingerprint density at radius 2 is 0.875 bits per heavy atom. The van der Waals surface area contributed by atoms with E-state index in [2.05, 4.69) is 69.2 Å². The van der Waals surface area contributed by atoms with E-state index in [1.165, 1.54) is 13.1 Å². The Morgan fingerprint density at radius 1 is 0.650 bits per heavy atom. The van der Waals surface area contributed by atoms with Gasteiger partial charge in [0.2, 0.25) is 0 Å². The molecule has 0 aromatic heterocycles. The van der Waals surface area contributed by atoms with Crippen LogP contribution < -0.4 is 21.3 Å². The molecule has 0 radical (unpaired) electrons. The third kappa shape index (κ3) is 11.8. The number of carbonyl (C=O) groups excluding carboxylic acids is 2. The Balaban J connectivity index is 0. The molecule has 1 aromatic carbocycles. The number of hydrogen-bond donors (Lipinski definition) is 4. The van der Waals surface area contributed by atoms with E-state index in [1.807, 2.05) is 0 Å². The topological polar surface area (TPSA) is 209 Å². The van der Waals surface area contributed by atoms with Crippen molar-refractivity contribution in [2.24, 2.45) is 11.5 Å². The molecule has 16 heteroatoms. The van der Waals surface area contributed by atoms with Gasteiger partial charge in [-0.3, -0.25) is 9.59 Å². The third-order valence-corrected chi connectivity index (χ3v) is 8.86. The number of halogens is 2. The summed E-state index contributed by atoms with van der Waals surface area (Å²) < 4.78 is 67.0. The van der Waals surface area contributed by atoms with Gasteiger partial charge in [-0.1, -0.05) is 23.2 Å². The molecule has 1 rings (SSSR count). The summed E-state index contributed by atoms with van der Waals surface area (Å²) in [5.74, 6) is -3.22. The second-order valence-corrected chi connectivity index (χ2v) is 13.5. The Bertz CT molecular complexity index is 1130. The van der Waals surface area contributed by atoms with Gasteiger partial charge in [0.1, 0.15) is 20.2 Å². The number of quaternary nitrogens is 2. The molecule has 6 N–H and O–H groups in total. The van der Waals surface area contributed by atoms with Crippen LogP contribution in [-0.4, -0.2) is 75.0 Å². The quantitative estimate of drug-likeness (QED) is 0.260. The van der Waals surface area contributed by atoms with Crippen LogP contribution >= 0.6 is 23.2 Å². The number of benzene rings is 1. The van der Waals surface area contributed by atoms with Crippen LogP contribution in [0.3, 0.4) is 0 Å². The highest BCUT2D eigenvalue weighted by Gasteiger charge is 2.32. The SMILES string of the molecule is CC[NH+](C(C)C)C(C)C.CC[NH+](C(C)C)C(C)C.NC(=O)c1c(Cl)c(C(N)=O)c(S(=O)(=O)[O-])c(Cl)c1S(=O)(=O)[O-]. The fourth-order valence-electron chi connectivity index (χ4n) is 4.52. The van der Waals surface area contributed by atoms with Gasteiger partial charge in [-0.05, 0) is 69.2 Å². The van der Waals surface area contributed by atoms with Crippen molar-refractivity contribution in [3.8, 4) is 0 Å². The van der Waals surface area contributed by atoms with Crippen molar-refractivity contribution in [2.45, 2.75) is 103 Å². The van der Waals surface area contributed by atoms with Gasteiger partial charge in [0.25, 0.3) is 11.8 Å². The zero-order valence-corrected chi connectivity index (χ0v) is 27.9. The Labute approximate surface area is 248 Å². The Kier molecular flexibility index (Phi) is 17.1. The average molecular weight is 652 g/mol. The first-order valence-electron chi connectivity index (χ1n) is 12.7. The largest absolute Gasteiger partial charge is 0.744 e. The molecule has 0 saturated heterocycles. The molecule has 40 heavy (non-hydrogen) atoms. The minimum atomic E-state index is -5.58. The van der Waals surface area contributed by atoms with Crippen molar-refractivity contribution in [3.05, 3.63) is 21.2 Å². The van der Waals surface area contributed by atoms with E-state index in [9.17, 15) is 35.5 Å². The number of nitrogens with one attached hydrogen (secondary N) is 2. The summed E-state index contributed by atoms with van der Waals surface area (Å²) in [6.07, 6.45) is 0. The summed E-state index contributed by atoms with van der Waals surface area (Å²) >= 11 is 10.9. The predicted octanol–water partition coefficient (Wildman–Crippen LogP) is 0.415. The Hall–Kier alpha value is -1.52. The van der Waals surface area contributed by atoms with E-state index in [-0.39, 0.29) is 0 Å². The maximum Gasteiger partial charge on any atom is 0.251 e. The van der Waals surface area contributed by atoms with Crippen molar-refractivity contribution >= 4 is 55.3 Å². The van der Waals surface area contributed by atoms with Crippen molar-refractivity contribution in [3.63, 3.8) is 0 Å². The second kappa shape index (κ2) is 16.8. The first-order chi connectivity index (χ1) is 17.9. The van der Waals surface area contributed by atoms with Crippen molar-refractivity contribution in [1.82, 2.24) is 0 Å². The van der Waals surface area contributed by atoms with Gasteiger partial charge in [0, 0.05) is 0 Å². The molecule has 2 amide bonds. The van der Waals surface area contributed by atoms with E-state index in [4.69, 9.17) is 34.7 Å². The lowest BCUT2D eigenvalue weighted by Gasteiger charge is -2.25. The van der Waals surface area contributed by atoms with E-state index >= 15 is 0 Å². The van der Waals surface area contributed by atoms with Crippen molar-refractivity contribution in [2.75, 3.05) is 13.1 Å². The van der Waals surface area contributed by atoms with Crippen LogP contribution in [0.2, 0.25) is 10.0 Å². The van der Waals surface area contributed by atoms with Gasteiger partial charge >= 0.3 is 0 Å². The van der Waals surface area contributed by atoms with E-state index in [1.54, 1.807) is 9.80 Å². The standard InChI is InChI=1S/C8H6Cl2N2O8S2.2C8H19N/c9-3-1(7(11)13)5(21(15,16)17)4(10)6(22(18,19)20)2(3)8(12)14;2*1-6-9(7(2)3)8(4)5/h(H2,11,13)(H2,12,14)(H,15,16,17)(H,18,19,20);2*7-8H,6H2,1-5H3. The van der Waals surface area contributed by atoms with Crippen LogP contribution in [0.1, 0.15) is 90.0 Å².